The summed E-state index contributed by atoms with van der Waals surface area (Å²) in [4.78, 5) is 17.3. The predicted molar refractivity (Wildman–Crippen MR) is 150 cm³/mol. The summed E-state index contributed by atoms with van der Waals surface area (Å²) in [5, 5.41) is 5.45. The largest absolute Gasteiger partial charge is 0.456 e. The van der Waals surface area contributed by atoms with Gasteiger partial charge in [-0.25, -0.2) is 4.98 Å². The Morgan fingerprint density at radius 1 is 0.974 bits per heavy atom. The molecular formula is C30H39N5O3. The number of nitrogens with one attached hydrogen (secondary N) is 2. The van der Waals surface area contributed by atoms with E-state index in [-0.39, 0.29) is 22.9 Å². The van der Waals surface area contributed by atoms with E-state index in [0.29, 0.717) is 12.2 Å². The van der Waals surface area contributed by atoms with Gasteiger partial charge in [0.2, 0.25) is 0 Å². The number of pyridine rings is 1. The van der Waals surface area contributed by atoms with Crippen molar-refractivity contribution < 1.29 is 13.9 Å². The van der Waals surface area contributed by atoms with Gasteiger partial charge in [0, 0.05) is 18.9 Å². The van der Waals surface area contributed by atoms with Crippen LogP contribution in [0.25, 0.3) is 11.0 Å². The highest BCUT2D eigenvalue weighted by Gasteiger charge is 2.43. The Labute approximate surface area is 224 Å². The molecule has 202 valence electrons. The van der Waals surface area contributed by atoms with Crippen LogP contribution in [0.5, 0.6) is 0 Å². The molecule has 0 spiro atoms. The second kappa shape index (κ2) is 9.91. The standard InChI is InChI=1S/C28H33N5O3.C2H6/c1-15-11-20-21(28(6,7)36-27(20,4)5)14-18(15)13-19-9-10-22(35-19)26(34)31-30-23-12-16(2)24-17(3)32-33(8)25(24)29-23;1-2/h9-12,14H,13H2,1-8H3,(H,29,30)(H,31,34);1-2H3. The number of anilines is 1. The second-order valence-electron chi connectivity index (χ2n) is 10.7. The van der Waals surface area contributed by atoms with Crippen molar-refractivity contribution in [3.8, 4) is 0 Å². The van der Waals surface area contributed by atoms with Crippen LogP contribution in [-0.2, 0) is 29.4 Å². The third-order valence-electron chi connectivity index (χ3n) is 7.00. The number of rotatable bonds is 5. The number of nitrogens with zero attached hydrogens (tertiary/aromatic N) is 3. The van der Waals surface area contributed by atoms with Crippen LogP contribution in [0.1, 0.15) is 91.4 Å². The Bertz CT molecular complexity index is 1510. The first-order valence-corrected chi connectivity index (χ1v) is 13.2. The molecule has 5 rings (SSSR count). The van der Waals surface area contributed by atoms with Gasteiger partial charge in [0.05, 0.1) is 16.9 Å². The Hall–Kier alpha value is -3.65. The first kappa shape index (κ1) is 27.4. The van der Waals surface area contributed by atoms with Crippen LogP contribution >= 0.6 is 0 Å². The van der Waals surface area contributed by atoms with E-state index >= 15 is 0 Å². The minimum atomic E-state index is -0.371. The van der Waals surface area contributed by atoms with Gasteiger partial charge in [-0.05, 0) is 94.5 Å². The Morgan fingerprint density at radius 2 is 1.63 bits per heavy atom. The summed E-state index contributed by atoms with van der Waals surface area (Å²) in [7, 11) is 1.85. The van der Waals surface area contributed by atoms with Crippen LogP contribution < -0.4 is 10.9 Å². The highest BCUT2D eigenvalue weighted by molar-refractivity contribution is 5.92. The van der Waals surface area contributed by atoms with Crippen LogP contribution in [0.3, 0.4) is 0 Å². The highest BCUT2D eigenvalue weighted by atomic mass is 16.5. The average Bonchev–Trinajstić information content (AvgIpc) is 3.47. The zero-order valence-electron chi connectivity index (χ0n) is 24.2. The van der Waals surface area contributed by atoms with E-state index in [2.05, 4.69) is 67.7 Å². The number of fused-ring (bicyclic) bond motifs is 2. The van der Waals surface area contributed by atoms with Gasteiger partial charge in [-0.2, -0.15) is 5.10 Å². The molecule has 0 fully saturated rings. The number of hydrazine groups is 1. The SMILES string of the molecule is CC.Cc1cc2c(cc1Cc1ccc(C(=O)NNc3cc(C)c4c(C)nn(C)c4n3)o1)C(C)(C)OC2(C)C. The van der Waals surface area contributed by atoms with E-state index < -0.39 is 0 Å². The van der Waals surface area contributed by atoms with Gasteiger partial charge in [0.15, 0.2) is 11.4 Å². The molecular weight excluding hydrogens is 478 g/mol. The Morgan fingerprint density at radius 3 is 2.32 bits per heavy atom. The minimum absolute atomic E-state index is 0.232. The first-order chi connectivity index (χ1) is 17.9. The van der Waals surface area contributed by atoms with Crippen molar-refractivity contribution >= 4 is 22.8 Å². The monoisotopic (exact) mass is 517 g/mol. The van der Waals surface area contributed by atoms with Crippen molar-refractivity contribution in [1.82, 2.24) is 20.2 Å². The molecule has 38 heavy (non-hydrogen) atoms. The van der Waals surface area contributed by atoms with E-state index in [1.165, 1.54) is 16.7 Å². The summed E-state index contributed by atoms with van der Waals surface area (Å²) in [6.07, 6.45) is 0.591. The third kappa shape index (κ3) is 4.92. The number of hydrogen-bond donors (Lipinski definition) is 2. The molecule has 1 amide bonds. The highest BCUT2D eigenvalue weighted by Crippen LogP contribution is 2.47. The maximum Gasteiger partial charge on any atom is 0.305 e. The smallest absolute Gasteiger partial charge is 0.305 e. The van der Waals surface area contributed by atoms with Gasteiger partial charge in [-0.1, -0.05) is 26.0 Å². The molecule has 0 saturated heterocycles. The number of aromatic nitrogens is 3. The molecule has 0 unspecified atom stereocenters. The summed E-state index contributed by atoms with van der Waals surface area (Å²) in [6.45, 7) is 18.5. The van der Waals surface area contributed by atoms with Gasteiger partial charge in [0.1, 0.15) is 11.6 Å². The van der Waals surface area contributed by atoms with Gasteiger partial charge < -0.3 is 9.15 Å². The number of furan rings is 1. The predicted octanol–water partition coefficient (Wildman–Crippen LogP) is 6.36. The van der Waals surface area contributed by atoms with Crippen molar-refractivity contribution in [2.45, 2.75) is 79.9 Å². The van der Waals surface area contributed by atoms with Crippen molar-refractivity contribution in [1.29, 1.82) is 0 Å². The lowest BCUT2D eigenvalue weighted by Gasteiger charge is -2.24. The van der Waals surface area contributed by atoms with Crippen molar-refractivity contribution in [2.75, 3.05) is 5.43 Å². The number of benzene rings is 1. The number of ether oxygens (including phenoxy) is 1. The van der Waals surface area contributed by atoms with Crippen LogP contribution in [-0.4, -0.2) is 20.7 Å². The molecule has 0 bridgehead atoms. The lowest BCUT2D eigenvalue weighted by Crippen LogP contribution is -2.29. The number of hydrogen-bond acceptors (Lipinski definition) is 6. The lowest BCUT2D eigenvalue weighted by molar-refractivity contribution is -0.105. The fourth-order valence-corrected chi connectivity index (χ4v) is 5.38. The summed E-state index contributed by atoms with van der Waals surface area (Å²) < 4.78 is 13.9. The maximum absolute atomic E-state index is 12.8. The van der Waals surface area contributed by atoms with Crippen molar-refractivity contribution in [2.24, 2.45) is 7.05 Å². The van der Waals surface area contributed by atoms with Gasteiger partial charge in [0.25, 0.3) is 0 Å². The summed E-state index contributed by atoms with van der Waals surface area (Å²) >= 11 is 0. The molecule has 1 aliphatic heterocycles. The molecule has 1 aromatic carbocycles. The molecule has 2 N–H and O–H groups in total. The normalized spacial score (nSPS) is 15.1. The summed E-state index contributed by atoms with van der Waals surface area (Å²) in [5.41, 5.74) is 12.4. The van der Waals surface area contributed by atoms with E-state index in [4.69, 9.17) is 9.15 Å². The fourth-order valence-electron chi connectivity index (χ4n) is 5.38. The quantitative estimate of drug-likeness (QED) is 0.299. The van der Waals surface area contributed by atoms with E-state index in [0.717, 1.165) is 33.6 Å². The van der Waals surface area contributed by atoms with Gasteiger partial charge in [-0.3, -0.25) is 20.3 Å². The number of carbonyl (C=O) groups is 1. The molecule has 3 aromatic heterocycles. The number of carbonyl (C=O) groups excluding carboxylic acids is 1. The van der Waals surface area contributed by atoms with Gasteiger partial charge in [-0.15, -0.1) is 0 Å². The topological polar surface area (TPSA) is 94.2 Å². The average molecular weight is 518 g/mol. The van der Waals surface area contributed by atoms with Crippen LogP contribution in [0.2, 0.25) is 0 Å². The molecule has 0 atom stereocenters. The molecule has 8 nitrogen and oxygen atoms in total. The molecule has 1 aliphatic rings. The third-order valence-corrected chi connectivity index (χ3v) is 7.00. The van der Waals surface area contributed by atoms with Gasteiger partial charge >= 0.3 is 5.91 Å². The Kier molecular flexibility index (Phi) is 7.14. The minimum Gasteiger partial charge on any atom is -0.456 e. The lowest BCUT2D eigenvalue weighted by atomic mass is 9.86. The number of amides is 1. The fraction of sp³-hybridized carbons (Fsp3) is 0.433. The Balaban J connectivity index is 0.00000164. The van der Waals surface area contributed by atoms with E-state index in [1.807, 2.05) is 46.9 Å². The zero-order valence-corrected chi connectivity index (χ0v) is 24.2. The van der Waals surface area contributed by atoms with Crippen molar-refractivity contribution in [3.63, 3.8) is 0 Å². The van der Waals surface area contributed by atoms with E-state index in [1.54, 1.807) is 10.7 Å². The summed E-state index contributed by atoms with van der Waals surface area (Å²) in [6, 6.07) is 9.86. The molecule has 0 saturated carbocycles. The maximum atomic E-state index is 12.8. The second-order valence-corrected chi connectivity index (χ2v) is 10.7. The van der Waals surface area contributed by atoms with Crippen LogP contribution in [0.15, 0.2) is 34.7 Å². The molecule has 0 radical (unpaired) electrons. The van der Waals surface area contributed by atoms with Crippen LogP contribution in [0.4, 0.5) is 5.82 Å². The molecule has 4 aromatic rings. The molecule has 0 aliphatic carbocycles. The van der Waals surface area contributed by atoms with E-state index in [9.17, 15) is 4.79 Å². The first-order valence-electron chi connectivity index (χ1n) is 13.2. The number of aryl methyl sites for hydroxylation is 4. The summed E-state index contributed by atoms with van der Waals surface area (Å²) in [5.74, 6) is 1.11. The van der Waals surface area contributed by atoms with Crippen molar-refractivity contribution in [3.05, 3.63) is 75.4 Å². The molecule has 4 heterocycles. The zero-order chi connectivity index (χ0) is 28.0. The molecule has 8 heteroatoms. The van der Waals surface area contributed by atoms with Crippen LogP contribution in [0, 0.1) is 20.8 Å².